The second kappa shape index (κ2) is 8.65. The second-order valence-electron chi connectivity index (χ2n) is 6.79. The maximum Gasteiger partial charge on any atom is 0.266 e. The van der Waals surface area contributed by atoms with Gasteiger partial charge in [0.15, 0.2) is 35.5 Å². The van der Waals surface area contributed by atoms with Gasteiger partial charge >= 0.3 is 0 Å². The molecule has 2 aromatic carbocycles. The molecule has 0 fully saturated rings. The SMILES string of the molecule is COc1ccc(-c2ccc3c(n2)N(CC(=O)c2cccc(Cl)c2)C(=O)CO3)cc1OC. The van der Waals surface area contributed by atoms with Gasteiger partial charge in [-0.2, -0.15) is 0 Å². The summed E-state index contributed by atoms with van der Waals surface area (Å²) in [7, 11) is 3.12. The fourth-order valence-corrected chi connectivity index (χ4v) is 3.48. The lowest BCUT2D eigenvalue weighted by atomic mass is 10.1. The Morgan fingerprint density at radius 3 is 2.65 bits per heavy atom. The normalized spacial score (nSPS) is 12.7. The molecule has 0 radical (unpaired) electrons. The number of carbonyl (C=O) groups is 2. The van der Waals surface area contributed by atoms with Gasteiger partial charge in [-0.25, -0.2) is 4.98 Å². The van der Waals surface area contributed by atoms with Crippen LogP contribution in [0.5, 0.6) is 17.2 Å². The van der Waals surface area contributed by atoms with Crippen molar-refractivity contribution in [1.29, 1.82) is 0 Å². The molecule has 1 aliphatic rings. The number of ether oxygens (including phenoxy) is 3. The number of benzene rings is 2. The number of hydrogen-bond acceptors (Lipinski definition) is 6. The van der Waals surface area contributed by atoms with Gasteiger partial charge in [0.25, 0.3) is 5.91 Å². The van der Waals surface area contributed by atoms with Gasteiger partial charge in [-0.05, 0) is 42.5 Å². The van der Waals surface area contributed by atoms with Crippen molar-refractivity contribution in [3.63, 3.8) is 0 Å². The molecule has 0 spiro atoms. The van der Waals surface area contributed by atoms with Crippen molar-refractivity contribution in [2.75, 3.05) is 32.3 Å². The highest BCUT2D eigenvalue weighted by Crippen LogP contribution is 2.36. The largest absolute Gasteiger partial charge is 0.493 e. The maximum absolute atomic E-state index is 12.8. The molecule has 0 unspecified atom stereocenters. The van der Waals surface area contributed by atoms with Gasteiger partial charge < -0.3 is 14.2 Å². The first-order valence-electron chi connectivity index (χ1n) is 9.45. The smallest absolute Gasteiger partial charge is 0.266 e. The van der Waals surface area contributed by atoms with Crippen LogP contribution in [-0.4, -0.2) is 44.0 Å². The zero-order chi connectivity index (χ0) is 22.0. The van der Waals surface area contributed by atoms with E-state index in [0.717, 1.165) is 5.56 Å². The van der Waals surface area contributed by atoms with Crippen molar-refractivity contribution in [1.82, 2.24) is 4.98 Å². The fourth-order valence-electron chi connectivity index (χ4n) is 3.29. The van der Waals surface area contributed by atoms with Crippen LogP contribution in [0.3, 0.4) is 0 Å². The predicted molar refractivity (Wildman–Crippen MR) is 116 cm³/mol. The van der Waals surface area contributed by atoms with Crippen molar-refractivity contribution in [3.8, 4) is 28.5 Å². The van der Waals surface area contributed by atoms with Gasteiger partial charge in [0.2, 0.25) is 0 Å². The van der Waals surface area contributed by atoms with Gasteiger partial charge in [-0.15, -0.1) is 0 Å². The third kappa shape index (κ3) is 4.18. The fraction of sp³-hybridized carbons (Fsp3) is 0.174. The lowest BCUT2D eigenvalue weighted by molar-refractivity contribution is -0.121. The third-order valence-corrected chi connectivity index (χ3v) is 5.11. The molecule has 4 rings (SSSR count). The average molecular weight is 439 g/mol. The molecule has 1 aliphatic heterocycles. The molecule has 1 amide bonds. The number of carbonyl (C=O) groups excluding carboxylic acids is 2. The number of halogens is 1. The summed E-state index contributed by atoms with van der Waals surface area (Å²) in [5, 5.41) is 0.452. The highest BCUT2D eigenvalue weighted by molar-refractivity contribution is 6.31. The summed E-state index contributed by atoms with van der Waals surface area (Å²) in [5.74, 6) is 1.28. The summed E-state index contributed by atoms with van der Waals surface area (Å²) in [4.78, 5) is 31.3. The van der Waals surface area contributed by atoms with Crippen LogP contribution >= 0.6 is 11.6 Å². The molecule has 0 bridgehead atoms. The molecular formula is C23H19ClN2O5. The minimum atomic E-state index is -0.347. The lowest BCUT2D eigenvalue weighted by Gasteiger charge is -2.28. The quantitative estimate of drug-likeness (QED) is 0.541. The number of ketones is 1. The van der Waals surface area contributed by atoms with Crippen LogP contribution < -0.4 is 19.1 Å². The van der Waals surface area contributed by atoms with E-state index >= 15 is 0 Å². The monoisotopic (exact) mass is 438 g/mol. The Bertz CT molecular complexity index is 1160. The maximum atomic E-state index is 12.8. The van der Waals surface area contributed by atoms with E-state index in [4.69, 9.17) is 25.8 Å². The highest BCUT2D eigenvalue weighted by Gasteiger charge is 2.29. The van der Waals surface area contributed by atoms with Crippen molar-refractivity contribution < 1.29 is 23.8 Å². The predicted octanol–water partition coefficient (Wildman–Crippen LogP) is 4.03. The Morgan fingerprint density at radius 2 is 1.90 bits per heavy atom. The Kier molecular flexibility index (Phi) is 5.77. The topological polar surface area (TPSA) is 78.0 Å². The molecule has 0 aliphatic carbocycles. The molecule has 0 saturated carbocycles. The van der Waals surface area contributed by atoms with Gasteiger partial charge in [-0.1, -0.05) is 23.7 Å². The number of methoxy groups -OCH3 is 2. The van der Waals surface area contributed by atoms with Crippen LogP contribution in [0.1, 0.15) is 10.4 Å². The van der Waals surface area contributed by atoms with E-state index in [1.165, 1.54) is 4.90 Å². The number of aromatic nitrogens is 1. The minimum Gasteiger partial charge on any atom is -0.493 e. The number of anilines is 1. The molecule has 0 N–H and O–H groups in total. The third-order valence-electron chi connectivity index (χ3n) is 4.87. The number of pyridine rings is 1. The van der Waals surface area contributed by atoms with E-state index in [-0.39, 0.29) is 24.8 Å². The van der Waals surface area contributed by atoms with Crippen molar-refractivity contribution in [2.45, 2.75) is 0 Å². The molecule has 0 atom stereocenters. The van der Waals surface area contributed by atoms with E-state index < -0.39 is 0 Å². The zero-order valence-corrected chi connectivity index (χ0v) is 17.7. The van der Waals surface area contributed by atoms with Crippen LogP contribution in [0, 0.1) is 0 Å². The average Bonchev–Trinajstić information content (AvgIpc) is 2.80. The number of nitrogens with zero attached hydrogens (tertiary/aromatic N) is 2. The Morgan fingerprint density at radius 1 is 1.10 bits per heavy atom. The van der Waals surface area contributed by atoms with Crippen molar-refractivity contribution >= 4 is 29.1 Å². The van der Waals surface area contributed by atoms with E-state index in [1.54, 1.807) is 62.8 Å². The number of amides is 1. The Labute approximate surface area is 184 Å². The summed E-state index contributed by atoms with van der Waals surface area (Å²) >= 11 is 5.99. The highest BCUT2D eigenvalue weighted by atomic mass is 35.5. The molecule has 1 aromatic heterocycles. The van der Waals surface area contributed by atoms with Crippen LogP contribution in [0.4, 0.5) is 5.82 Å². The Balaban J connectivity index is 1.69. The van der Waals surface area contributed by atoms with Gasteiger partial charge in [0.1, 0.15) is 0 Å². The molecule has 158 valence electrons. The lowest BCUT2D eigenvalue weighted by Crippen LogP contribution is -2.42. The number of fused-ring (bicyclic) bond motifs is 1. The summed E-state index contributed by atoms with van der Waals surface area (Å²) in [6.07, 6.45) is 0. The second-order valence-corrected chi connectivity index (χ2v) is 7.23. The molecule has 7 nitrogen and oxygen atoms in total. The number of Topliss-reactive ketones (excluding diaryl/α,β-unsaturated/α-hetero) is 1. The molecule has 0 saturated heterocycles. The first kappa shape index (κ1) is 20.7. The molecular weight excluding hydrogens is 420 g/mol. The minimum absolute atomic E-state index is 0.160. The molecule has 8 heteroatoms. The molecule has 31 heavy (non-hydrogen) atoms. The summed E-state index contributed by atoms with van der Waals surface area (Å²) < 4.78 is 16.2. The standard InChI is InChI=1S/C23H19ClN2O5/c1-29-19-8-6-14(11-21(19)30-2)17-7-9-20-23(25-17)26(22(28)13-31-20)12-18(27)15-4-3-5-16(24)10-15/h3-11H,12-13H2,1-2H3. The van der Waals surface area contributed by atoms with Crippen LogP contribution in [0.2, 0.25) is 5.02 Å². The number of hydrogen-bond donors (Lipinski definition) is 0. The summed E-state index contributed by atoms with van der Waals surface area (Å²) in [6, 6.07) is 15.5. The van der Waals surface area contributed by atoms with Crippen molar-refractivity contribution in [3.05, 3.63) is 65.2 Å². The summed E-state index contributed by atoms with van der Waals surface area (Å²) in [5.41, 5.74) is 1.78. The van der Waals surface area contributed by atoms with Crippen LogP contribution in [0.15, 0.2) is 54.6 Å². The van der Waals surface area contributed by atoms with Crippen LogP contribution in [0.25, 0.3) is 11.3 Å². The zero-order valence-electron chi connectivity index (χ0n) is 16.9. The number of rotatable bonds is 6. The van der Waals surface area contributed by atoms with E-state index in [0.29, 0.717) is 39.3 Å². The summed E-state index contributed by atoms with van der Waals surface area (Å²) in [6.45, 7) is -0.328. The molecule has 2 heterocycles. The van der Waals surface area contributed by atoms with E-state index in [2.05, 4.69) is 4.98 Å². The van der Waals surface area contributed by atoms with Crippen molar-refractivity contribution in [2.24, 2.45) is 0 Å². The van der Waals surface area contributed by atoms with E-state index in [9.17, 15) is 9.59 Å². The first-order valence-corrected chi connectivity index (χ1v) is 9.83. The molecule has 3 aromatic rings. The van der Waals surface area contributed by atoms with Gasteiger partial charge in [0.05, 0.1) is 26.5 Å². The van der Waals surface area contributed by atoms with Crippen LogP contribution in [-0.2, 0) is 4.79 Å². The van der Waals surface area contributed by atoms with E-state index in [1.807, 2.05) is 6.07 Å². The van der Waals surface area contributed by atoms with Gasteiger partial charge in [-0.3, -0.25) is 14.5 Å². The van der Waals surface area contributed by atoms with Gasteiger partial charge in [0, 0.05) is 16.1 Å². The Hall–Kier alpha value is -3.58. The first-order chi connectivity index (χ1) is 15.0.